The van der Waals surface area contributed by atoms with E-state index in [9.17, 15) is 23.9 Å². The molecule has 0 amide bonds. The molecule has 0 radical (unpaired) electrons. The molecule has 1 heterocycles. The van der Waals surface area contributed by atoms with Gasteiger partial charge in [0.2, 0.25) is 5.79 Å². The van der Waals surface area contributed by atoms with Gasteiger partial charge in [0.05, 0.1) is 18.6 Å². The highest BCUT2D eigenvalue weighted by Crippen LogP contribution is 2.56. The lowest BCUT2D eigenvalue weighted by Gasteiger charge is -2.58. The van der Waals surface area contributed by atoms with Crippen LogP contribution in [0.4, 0.5) is 0 Å². The van der Waals surface area contributed by atoms with Gasteiger partial charge in [0.15, 0.2) is 5.60 Å². The molecule has 2 aromatic rings. The third kappa shape index (κ3) is 10.7. The Morgan fingerprint density at radius 2 is 1.40 bits per heavy atom. The van der Waals surface area contributed by atoms with E-state index in [2.05, 4.69) is 0 Å². The molecule has 2 aromatic carbocycles. The zero-order chi connectivity index (χ0) is 34.7. The van der Waals surface area contributed by atoms with E-state index in [1.165, 1.54) is 6.92 Å². The van der Waals surface area contributed by atoms with Crippen LogP contribution in [0.5, 0.6) is 0 Å². The standard InChI is InChI=1S/C35H51O11P/c1-7-9-21-34(45-32(37)33(4,5)6)31(43-24-28-19-15-12-16-20-28)30(42-23-27-17-13-11-14-18-27)29(25-41-26(3)36)44-35(34,22-10-8-2)46-47(38,39)40/h11-20,29-31H,7-10,21-25H2,1-6H3,(H2,38,39,40)/t29-,30-,31+,34-,35+/m1/s1. The van der Waals surface area contributed by atoms with Crippen molar-refractivity contribution >= 4 is 19.8 Å². The Morgan fingerprint density at radius 1 is 0.872 bits per heavy atom. The zero-order valence-electron chi connectivity index (χ0n) is 28.4. The van der Waals surface area contributed by atoms with Crippen molar-refractivity contribution in [3.63, 3.8) is 0 Å². The smallest absolute Gasteiger partial charge is 0.463 e. The average Bonchev–Trinajstić information content (AvgIpc) is 3.01. The first-order valence-electron chi connectivity index (χ1n) is 16.3. The van der Waals surface area contributed by atoms with Crippen LogP contribution in [0.2, 0.25) is 0 Å². The summed E-state index contributed by atoms with van der Waals surface area (Å²) < 4.78 is 50.5. The molecule has 5 atom stereocenters. The van der Waals surface area contributed by atoms with Crippen molar-refractivity contribution in [3.8, 4) is 0 Å². The Labute approximate surface area is 278 Å². The molecule has 47 heavy (non-hydrogen) atoms. The van der Waals surface area contributed by atoms with Gasteiger partial charge in [-0.2, -0.15) is 0 Å². The Morgan fingerprint density at radius 3 is 1.89 bits per heavy atom. The van der Waals surface area contributed by atoms with Crippen LogP contribution in [-0.4, -0.2) is 58.0 Å². The van der Waals surface area contributed by atoms with E-state index in [4.69, 9.17) is 28.2 Å². The van der Waals surface area contributed by atoms with Gasteiger partial charge in [0.1, 0.15) is 24.9 Å². The number of carbonyl (C=O) groups excluding carboxylic acids is 2. The van der Waals surface area contributed by atoms with E-state index in [0.717, 1.165) is 11.1 Å². The molecule has 0 aromatic heterocycles. The number of phosphoric acid groups is 1. The Kier molecular flexibility index (Phi) is 14.2. The van der Waals surface area contributed by atoms with Gasteiger partial charge >= 0.3 is 19.8 Å². The van der Waals surface area contributed by atoms with E-state index in [0.29, 0.717) is 25.7 Å². The first kappa shape index (κ1) is 38.8. The summed E-state index contributed by atoms with van der Waals surface area (Å²) in [7, 11) is -5.31. The number of benzene rings is 2. The fourth-order valence-electron chi connectivity index (χ4n) is 5.66. The minimum atomic E-state index is -5.31. The molecule has 1 fully saturated rings. The lowest BCUT2D eigenvalue weighted by Crippen LogP contribution is -2.76. The van der Waals surface area contributed by atoms with Crippen molar-refractivity contribution in [3.05, 3.63) is 71.8 Å². The van der Waals surface area contributed by atoms with Gasteiger partial charge in [-0.15, -0.1) is 0 Å². The van der Waals surface area contributed by atoms with Crippen molar-refractivity contribution in [2.75, 3.05) is 6.61 Å². The van der Waals surface area contributed by atoms with Crippen LogP contribution >= 0.6 is 7.82 Å². The molecule has 12 heteroatoms. The number of ether oxygens (including phenoxy) is 5. The molecule has 0 bridgehead atoms. The van der Waals surface area contributed by atoms with Gasteiger partial charge in [-0.3, -0.25) is 9.59 Å². The van der Waals surface area contributed by atoms with Gasteiger partial charge in [-0.05, 0) is 51.2 Å². The van der Waals surface area contributed by atoms with Crippen LogP contribution in [0.3, 0.4) is 0 Å². The van der Waals surface area contributed by atoms with Gasteiger partial charge in [0, 0.05) is 13.3 Å². The molecular formula is C35H51O11P. The number of unbranched alkanes of at least 4 members (excludes halogenated alkanes) is 2. The highest BCUT2D eigenvalue weighted by molar-refractivity contribution is 7.46. The molecule has 1 saturated heterocycles. The van der Waals surface area contributed by atoms with Crippen LogP contribution in [0.15, 0.2) is 60.7 Å². The Bertz CT molecular complexity index is 1310. The normalized spacial score (nSPS) is 24.9. The first-order valence-corrected chi connectivity index (χ1v) is 17.8. The summed E-state index contributed by atoms with van der Waals surface area (Å²) in [5.74, 6) is -3.44. The predicted molar refractivity (Wildman–Crippen MR) is 175 cm³/mol. The number of esters is 2. The number of rotatable bonds is 17. The topological polar surface area (TPSA) is 147 Å². The number of hydrogen-bond acceptors (Lipinski definition) is 9. The molecule has 0 saturated carbocycles. The van der Waals surface area contributed by atoms with Crippen LogP contribution < -0.4 is 0 Å². The minimum absolute atomic E-state index is 0.0394. The average molecular weight is 679 g/mol. The van der Waals surface area contributed by atoms with Crippen LogP contribution in [0.25, 0.3) is 0 Å². The molecule has 0 unspecified atom stereocenters. The van der Waals surface area contributed by atoms with E-state index in [-0.39, 0.29) is 32.7 Å². The minimum Gasteiger partial charge on any atom is -0.463 e. The SMILES string of the molecule is CCCC[C@@]1(OP(=O)(O)O)O[C@H](COC(C)=O)[C@@H](OCc2ccccc2)[C@H](OCc2ccccc2)[C@@]1(CCCC)OC(=O)C(C)(C)C. The largest absolute Gasteiger partial charge is 0.472 e. The summed E-state index contributed by atoms with van der Waals surface area (Å²) in [6.45, 7) is 9.98. The summed E-state index contributed by atoms with van der Waals surface area (Å²) in [6.07, 6.45) is -1.26. The second kappa shape index (κ2) is 17.2. The molecule has 3 rings (SSSR count). The number of phosphoric ester groups is 1. The van der Waals surface area contributed by atoms with Gasteiger partial charge in [-0.25, -0.2) is 9.09 Å². The molecule has 1 aliphatic heterocycles. The maximum absolute atomic E-state index is 13.9. The number of carbonyl (C=O) groups is 2. The van der Waals surface area contributed by atoms with Crippen LogP contribution in [-0.2, 0) is 55.6 Å². The van der Waals surface area contributed by atoms with E-state index in [1.54, 1.807) is 20.8 Å². The lowest BCUT2D eigenvalue weighted by atomic mass is 9.73. The second-order valence-electron chi connectivity index (χ2n) is 13.0. The van der Waals surface area contributed by atoms with Crippen LogP contribution in [0, 0.1) is 5.41 Å². The quantitative estimate of drug-likeness (QED) is 0.137. The molecule has 0 aliphatic carbocycles. The van der Waals surface area contributed by atoms with Gasteiger partial charge in [0.25, 0.3) is 0 Å². The van der Waals surface area contributed by atoms with E-state index in [1.807, 2.05) is 74.5 Å². The molecule has 2 N–H and O–H groups in total. The summed E-state index contributed by atoms with van der Waals surface area (Å²) in [5, 5.41) is 0. The third-order valence-electron chi connectivity index (χ3n) is 8.03. The molecule has 262 valence electrons. The zero-order valence-corrected chi connectivity index (χ0v) is 29.3. The van der Waals surface area contributed by atoms with Gasteiger partial charge in [-0.1, -0.05) is 87.4 Å². The summed E-state index contributed by atoms with van der Waals surface area (Å²) in [4.78, 5) is 46.8. The van der Waals surface area contributed by atoms with Gasteiger partial charge < -0.3 is 33.5 Å². The molecular weight excluding hydrogens is 627 g/mol. The van der Waals surface area contributed by atoms with Crippen molar-refractivity contribution < 1.29 is 52.1 Å². The Hall–Kier alpha value is -2.63. The molecule has 0 spiro atoms. The second-order valence-corrected chi connectivity index (χ2v) is 14.2. The Balaban J connectivity index is 2.34. The molecule has 1 aliphatic rings. The maximum Gasteiger partial charge on any atom is 0.472 e. The molecule has 11 nitrogen and oxygen atoms in total. The predicted octanol–water partition coefficient (Wildman–Crippen LogP) is 6.63. The number of hydrogen-bond donors (Lipinski definition) is 2. The van der Waals surface area contributed by atoms with Crippen molar-refractivity contribution in [1.29, 1.82) is 0 Å². The van der Waals surface area contributed by atoms with Crippen molar-refractivity contribution in [2.24, 2.45) is 5.41 Å². The third-order valence-corrected chi connectivity index (χ3v) is 8.57. The summed E-state index contributed by atoms with van der Waals surface area (Å²) in [6, 6.07) is 18.7. The van der Waals surface area contributed by atoms with Crippen molar-refractivity contribution in [2.45, 2.75) is 123 Å². The fourth-order valence-corrected chi connectivity index (χ4v) is 6.33. The first-order chi connectivity index (χ1) is 22.2. The fraction of sp³-hybridized carbons (Fsp3) is 0.600. The van der Waals surface area contributed by atoms with Crippen LogP contribution in [0.1, 0.15) is 91.2 Å². The summed E-state index contributed by atoms with van der Waals surface area (Å²) in [5.41, 5.74) is -1.29. The highest BCUT2D eigenvalue weighted by Gasteiger charge is 2.70. The van der Waals surface area contributed by atoms with E-state index >= 15 is 0 Å². The maximum atomic E-state index is 13.9. The lowest BCUT2D eigenvalue weighted by molar-refractivity contribution is -0.397. The summed E-state index contributed by atoms with van der Waals surface area (Å²) >= 11 is 0. The van der Waals surface area contributed by atoms with Crippen molar-refractivity contribution in [1.82, 2.24) is 0 Å². The highest BCUT2D eigenvalue weighted by atomic mass is 31.2. The van der Waals surface area contributed by atoms with E-state index < -0.39 is 54.9 Å². The monoisotopic (exact) mass is 678 g/mol.